The molecule has 0 bridgehead atoms. The molecule has 2 heterocycles. The number of nitrogens with zero attached hydrogens (tertiary/aromatic N) is 1. The molecule has 0 spiro atoms. The molecule has 0 saturated heterocycles. The van der Waals surface area contributed by atoms with E-state index in [0.717, 1.165) is 5.52 Å². The Bertz CT molecular complexity index is 663. The average molecular weight is 185 g/mol. The van der Waals surface area contributed by atoms with Crippen molar-refractivity contribution in [1.82, 2.24) is 4.40 Å². The fraction of sp³-hybridized carbons (Fsp3) is 0. The van der Waals surface area contributed by atoms with Gasteiger partial charge in [-0.05, 0) is 18.2 Å². The standard InChI is InChI=1S/C11H7NO2/c13-11-8-4-1-2-5-9(8)12-7-3-6-10(12)14-11/h1-7H. The summed E-state index contributed by atoms with van der Waals surface area (Å²) in [4.78, 5) is 11.5. The Balaban J connectivity index is 2.74. The first-order valence-electron chi connectivity index (χ1n) is 4.35. The Morgan fingerprint density at radius 2 is 1.93 bits per heavy atom. The summed E-state index contributed by atoms with van der Waals surface area (Å²) in [6, 6.07) is 11.0. The van der Waals surface area contributed by atoms with Gasteiger partial charge in [0.2, 0.25) is 5.71 Å². The van der Waals surface area contributed by atoms with E-state index >= 15 is 0 Å². The minimum atomic E-state index is -0.285. The van der Waals surface area contributed by atoms with E-state index in [1.165, 1.54) is 0 Å². The van der Waals surface area contributed by atoms with Crippen molar-refractivity contribution in [2.75, 3.05) is 0 Å². The Morgan fingerprint density at radius 3 is 2.86 bits per heavy atom. The molecule has 0 radical (unpaired) electrons. The third-order valence-electron chi connectivity index (χ3n) is 2.29. The summed E-state index contributed by atoms with van der Waals surface area (Å²) in [6.07, 6.45) is 1.88. The zero-order valence-electron chi connectivity index (χ0n) is 7.31. The maximum atomic E-state index is 11.5. The van der Waals surface area contributed by atoms with Crippen LogP contribution in [0.1, 0.15) is 0 Å². The Labute approximate surface area is 79.2 Å². The Morgan fingerprint density at radius 1 is 1.07 bits per heavy atom. The van der Waals surface area contributed by atoms with Crippen LogP contribution in [-0.2, 0) is 0 Å². The van der Waals surface area contributed by atoms with Gasteiger partial charge in [-0.25, -0.2) is 4.79 Å². The van der Waals surface area contributed by atoms with Gasteiger partial charge in [0.1, 0.15) is 0 Å². The molecule has 0 fully saturated rings. The van der Waals surface area contributed by atoms with E-state index in [1.54, 1.807) is 12.1 Å². The van der Waals surface area contributed by atoms with Gasteiger partial charge < -0.3 is 4.42 Å². The van der Waals surface area contributed by atoms with Gasteiger partial charge in [-0.2, -0.15) is 0 Å². The first-order chi connectivity index (χ1) is 6.86. The number of aromatic nitrogens is 1. The van der Waals surface area contributed by atoms with Crippen molar-refractivity contribution >= 4 is 16.6 Å². The maximum absolute atomic E-state index is 11.5. The van der Waals surface area contributed by atoms with Crippen LogP contribution < -0.4 is 5.63 Å². The van der Waals surface area contributed by atoms with E-state index in [2.05, 4.69) is 0 Å². The van der Waals surface area contributed by atoms with Crippen molar-refractivity contribution in [3.63, 3.8) is 0 Å². The van der Waals surface area contributed by atoms with Crippen molar-refractivity contribution in [1.29, 1.82) is 0 Å². The summed E-state index contributed by atoms with van der Waals surface area (Å²) < 4.78 is 6.98. The second-order valence-electron chi connectivity index (χ2n) is 3.12. The number of para-hydroxylation sites is 1. The molecule has 3 aromatic rings. The summed E-state index contributed by atoms with van der Waals surface area (Å²) in [6.45, 7) is 0. The molecule has 2 aromatic heterocycles. The SMILES string of the molecule is O=c1oc2cccn2c2ccccc12. The lowest BCUT2D eigenvalue weighted by molar-refractivity contribution is 0.549. The van der Waals surface area contributed by atoms with Crippen molar-refractivity contribution in [3.8, 4) is 0 Å². The molecule has 1 aromatic carbocycles. The predicted octanol–water partition coefficient (Wildman–Crippen LogP) is 2.05. The highest BCUT2D eigenvalue weighted by molar-refractivity contribution is 5.79. The van der Waals surface area contributed by atoms with Gasteiger partial charge in [0.15, 0.2) is 0 Å². The molecule has 68 valence electrons. The molecule has 0 atom stereocenters. The first kappa shape index (κ1) is 7.38. The number of hydrogen-bond donors (Lipinski definition) is 0. The van der Waals surface area contributed by atoms with Gasteiger partial charge in [0.25, 0.3) is 0 Å². The van der Waals surface area contributed by atoms with Crippen LogP contribution in [0.3, 0.4) is 0 Å². The lowest BCUT2D eigenvalue weighted by Gasteiger charge is -1.99. The van der Waals surface area contributed by atoms with Crippen molar-refractivity contribution in [2.45, 2.75) is 0 Å². The number of fused-ring (bicyclic) bond motifs is 3. The molecular formula is C11H7NO2. The largest absolute Gasteiger partial charge is 0.405 e. The molecule has 0 aliphatic heterocycles. The third kappa shape index (κ3) is 0.836. The lowest BCUT2D eigenvalue weighted by atomic mass is 10.2. The minimum absolute atomic E-state index is 0.285. The number of benzene rings is 1. The van der Waals surface area contributed by atoms with Crippen LogP contribution in [0.25, 0.3) is 16.6 Å². The molecule has 3 heteroatoms. The average Bonchev–Trinajstić information content (AvgIpc) is 2.66. The van der Waals surface area contributed by atoms with E-state index in [1.807, 2.05) is 34.9 Å². The van der Waals surface area contributed by atoms with Crippen LogP contribution in [0.15, 0.2) is 51.8 Å². The number of hydrogen-bond acceptors (Lipinski definition) is 2. The predicted molar refractivity (Wildman–Crippen MR) is 53.4 cm³/mol. The molecule has 0 saturated carbocycles. The fourth-order valence-electron chi connectivity index (χ4n) is 1.65. The van der Waals surface area contributed by atoms with Crippen LogP contribution in [0.4, 0.5) is 0 Å². The highest BCUT2D eigenvalue weighted by Gasteiger charge is 2.04. The normalized spacial score (nSPS) is 11.1. The summed E-state index contributed by atoms with van der Waals surface area (Å²) >= 11 is 0. The Hall–Kier alpha value is -2.03. The van der Waals surface area contributed by atoms with Gasteiger partial charge >= 0.3 is 5.63 Å². The van der Waals surface area contributed by atoms with E-state index < -0.39 is 0 Å². The highest BCUT2D eigenvalue weighted by Crippen LogP contribution is 2.12. The summed E-state index contributed by atoms with van der Waals surface area (Å²) in [5, 5.41) is 0.608. The molecule has 0 unspecified atom stereocenters. The van der Waals surface area contributed by atoms with Gasteiger partial charge in [0, 0.05) is 12.3 Å². The van der Waals surface area contributed by atoms with Gasteiger partial charge in [-0.15, -0.1) is 0 Å². The molecule has 0 amide bonds. The monoisotopic (exact) mass is 185 g/mol. The molecule has 14 heavy (non-hydrogen) atoms. The van der Waals surface area contributed by atoms with E-state index in [-0.39, 0.29) is 5.63 Å². The van der Waals surface area contributed by atoms with Crippen molar-refractivity contribution in [2.24, 2.45) is 0 Å². The van der Waals surface area contributed by atoms with Crippen LogP contribution in [0, 0.1) is 0 Å². The molecule has 0 N–H and O–H groups in total. The van der Waals surface area contributed by atoms with Crippen molar-refractivity contribution < 1.29 is 4.42 Å². The Kier molecular flexibility index (Phi) is 1.31. The number of rotatable bonds is 0. The van der Waals surface area contributed by atoms with Crippen LogP contribution in [0.2, 0.25) is 0 Å². The van der Waals surface area contributed by atoms with Crippen molar-refractivity contribution in [3.05, 3.63) is 53.0 Å². The maximum Gasteiger partial charge on any atom is 0.346 e. The van der Waals surface area contributed by atoms with Gasteiger partial charge in [0.05, 0.1) is 10.9 Å². The zero-order valence-corrected chi connectivity index (χ0v) is 7.31. The smallest absolute Gasteiger partial charge is 0.346 e. The second-order valence-corrected chi connectivity index (χ2v) is 3.12. The van der Waals surface area contributed by atoms with E-state index in [0.29, 0.717) is 11.1 Å². The topological polar surface area (TPSA) is 34.6 Å². The molecule has 0 aliphatic carbocycles. The molecule has 0 aliphatic rings. The summed E-state index contributed by atoms with van der Waals surface area (Å²) in [5.74, 6) is 0. The van der Waals surface area contributed by atoms with Crippen LogP contribution in [-0.4, -0.2) is 4.40 Å². The van der Waals surface area contributed by atoms with E-state index in [4.69, 9.17) is 4.42 Å². The first-order valence-corrected chi connectivity index (χ1v) is 4.35. The second kappa shape index (κ2) is 2.48. The fourth-order valence-corrected chi connectivity index (χ4v) is 1.65. The molecule has 3 nitrogen and oxygen atoms in total. The van der Waals surface area contributed by atoms with Crippen LogP contribution >= 0.6 is 0 Å². The van der Waals surface area contributed by atoms with Gasteiger partial charge in [-0.3, -0.25) is 4.40 Å². The van der Waals surface area contributed by atoms with E-state index in [9.17, 15) is 4.79 Å². The molecule has 3 rings (SSSR count). The highest BCUT2D eigenvalue weighted by atomic mass is 16.4. The van der Waals surface area contributed by atoms with Gasteiger partial charge in [-0.1, -0.05) is 12.1 Å². The zero-order chi connectivity index (χ0) is 9.54. The molecular weight excluding hydrogens is 178 g/mol. The minimum Gasteiger partial charge on any atom is -0.405 e. The van der Waals surface area contributed by atoms with Crippen LogP contribution in [0.5, 0.6) is 0 Å². The lowest BCUT2D eigenvalue weighted by Crippen LogP contribution is -2.02. The quantitative estimate of drug-likeness (QED) is 0.537. The summed E-state index contributed by atoms with van der Waals surface area (Å²) in [7, 11) is 0. The third-order valence-corrected chi connectivity index (χ3v) is 2.29. The summed E-state index contributed by atoms with van der Waals surface area (Å²) in [5.41, 5.74) is 1.17.